The van der Waals surface area contributed by atoms with Gasteiger partial charge < -0.3 is 0 Å². The zero-order valence-electron chi connectivity index (χ0n) is 16.4. The van der Waals surface area contributed by atoms with Gasteiger partial charge in [0.15, 0.2) is 0 Å². The average Bonchev–Trinajstić information content (AvgIpc) is 2.79. The van der Waals surface area contributed by atoms with Crippen LogP contribution in [0.4, 0.5) is 13.2 Å². The molecule has 0 nitrogen and oxygen atoms in total. The van der Waals surface area contributed by atoms with E-state index in [0.29, 0.717) is 0 Å². The van der Waals surface area contributed by atoms with Crippen molar-refractivity contribution in [3.05, 3.63) is 130 Å². The van der Waals surface area contributed by atoms with Crippen molar-refractivity contribution in [2.75, 3.05) is 0 Å². The Kier molecular flexibility index (Phi) is 6.10. The molecule has 4 aromatic carbocycles. The first-order valence-electron chi connectivity index (χ1n) is 9.71. The quantitative estimate of drug-likeness (QED) is 0.257. The maximum absolute atomic E-state index is 12.8. The van der Waals surface area contributed by atoms with E-state index >= 15 is 0 Å². The van der Waals surface area contributed by atoms with Crippen molar-refractivity contribution in [2.45, 2.75) is 6.18 Å². The number of rotatable bonds is 4. The van der Waals surface area contributed by atoms with E-state index in [4.69, 9.17) is 0 Å². The third kappa shape index (κ3) is 5.15. The van der Waals surface area contributed by atoms with Crippen LogP contribution in [-0.4, -0.2) is 0 Å². The molecule has 0 radical (unpaired) electrons. The van der Waals surface area contributed by atoms with Crippen LogP contribution in [0.2, 0.25) is 0 Å². The van der Waals surface area contributed by atoms with Gasteiger partial charge in [0.05, 0.1) is 5.56 Å². The number of halogens is 4. The van der Waals surface area contributed by atoms with Crippen molar-refractivity contribution in [3.8, 4) is 11.1 Å². The summed E-state index contributed by atoms with van der Waals surface area (Å²) >= 11 is 3.46. The third-order valence-electron chi connectivity index (χ3n) is 5.01. The van der Waals surface area contributed by atoms with Crippen LogP contribution in [0.15, 0.2) is 108 Å². The van der Waals surface area contributed by atoms with Crippen molar-refractivity contribution < 1.29 is 13.2 Å². The van der Waals surface area contributed by atoms with E-state index in [2.05, 4.69) is 34.1 Å². The Morgan fingerprint density at radius 1 is 0.613 bits per heavy atom. The summed E-state index contributed by atoms with van der Waals surface area (Å²) in [5.41, 5.74) is 5.25. The molecule has 4 heteroatoms. The number of hydrogen-bond acceptors (Lipinski definition) is 0. The molecule has 0 saturated heterocycles. The van der Waals surface area contributed by atoms with E-state index in [0.717, 1.165) is 50.0 Å². The van der Waals surface area contributed by atoms with Crippen LogP contribution in [0.5, 0.6) is 0 Å². The molecular formula is C27H18BrF3. The van der Waals surface area contributed by atoms with Gasteiger partial charge in [-0.1, -0.05) is 94.8 Å². The van der Waals surface area contributed by atoms with E-state index in [9.17, 15) is 13.2 Å². The van der Waals surface area contributed by atoms with Crippen LogP contribution < -0.4 is 0 Å². The first-order valence-corrected chi connectivity index (χ1v) is 10.5. The summed E-state index contributed by atoms with van der Waals surface area (Å²) in [6, 6.07) is 31.3. The van der Waals surface area contributed by atoms with Crippen molar-refractivity contribution in [2.24, 2.45) is 0 Å². The first kappa shape index (κ1) is 21.1. The lowest BCUT2D eigenvalue weighted by molar-refractivity contribution is -0.137. The minimum atomic E-state index is -4.33. The second-order valence-electron chi connectivity index (χ2n) is 7.13. The molecule has 4 aromatic rings. The SMILES string of the molecule is FC(F)(F)c1ccc(-c2ccc(C(=Cc3ccc(Br)cc3)c3ccccc3)cc2)cc1. The van der Waals surface area contributed by atoms with Crippen LogP contribution in [-0.2, 0) is 6.18 Å². The second-order valence-corrected chi connectivity index (χ2v) is 8.04. The van der Waals surface area contributed by atoms with Crippen LogP contribution in [0.25, 0.3) is 22.8 Å². The Bertz CT molecular complexity index is 1170. The predicted octanol–water partition coefficient (Wildman–Crippen LogP) is 8.72. The highest BCUT2D eigenvalue weighted by atomic mass is 79.9. The molecule has 0 aromatic heterocycles. The summed E-state index contributed by atoms with van der Waals surface area (Å²) < 4.78 is 39.5. The zero-order valence-corrected chi connectivity index (χ0v) is 18.0. The lowest BCUT2D eigenvalue weighted by Crippen LogP contribution is -2.03. The summed E-state index contributed by atoms with van der Waals surface area (Å²) in [6.07, 6.45) is -2.19. The molecule has 154 valence electrons. The largest absolute Gasteiger partial charge is 0.416 e. The number of hydrogen-bond donors (Lipinski definition) is 0. The Morgan fingerprint density at radius 2 is 1.13 bits per heavy atom. The lowest BCUT2D eigenvalue weighted by atomic mass is 9.94. The van der Waals surface area contributed by atoms with Crippen LogP contribution >= 0.6 is 15.9 Å². The standard InChI is InChI=1S/C27H18BrF3/c28-25-16-6-19(7-17-25)18-26(22-4-2-1-3-5-22)23-10-8-20(9-11-23)21-12-14-24(15-13-21)27(29,30)31/h1-18H. The Hall–Kier alpha value is -3.11. The highest BCUT2D eigenvalue weighted by molar-refractivity contribution is 9.10. The molecule has 0 spiro atoms. The Labute approximate surface area is 187 Å². The fraction of sp³-hybridized carbons (Fsp3) is 0.0370. The van der Waals surface area contributed by atoms with Gasteiger partial charge >= 0.3 is 6.18 Å². The molecule has 0 saturated carbocycles. The maximum atomic E-state index is 12.8. The van der Waals surface area contributed by atoms with E-state index in [1.54, 1.807) is 0 Å². The Balaban J connectivity index is 1.69. The van der Waals surface area contributed by atoms with Gasteiger partial charge in [-0.3, -0.25) is 0 Å². The fourth-order valence-electron chi connectivity index (χ4n) is 3.37. The molecule has 0 unspecified atom stereocenters. The molecule has 0 heterocycles. The third-order valence-corrected chi connectivity index (χ3v) is 5.54. The van der Waals surface area contributed by atoms with Gasteiger partial charge in [0.1, 0.15) is 0 Å². The van der Waals surface area contributed by atoms with Gasteiger partial charge in [-0.05, 0) is 63.7 Å². The van der Waals surface area contributed by atoms with E-state index in [1.165, 1.54) is 12.1 Å². The van der Waals surface area contributed by atoms with Crippen molar-refractivity contribution >= 4 is 27.6 Å². The van der Waals surface area contributed by atoms with Gasteiger partial charge in [-0.2, -0.15) is 13.2 Å². The molecule has 0 aliphatic carbocycles. The first-order chi connectivity index (χ1) is 14.9. The lowest BCUT2D eigenvalue weighted by Gasteiger charge is -2.11. The van der Waals surface area contributed by atoms with Gasteiger partial charge in [-0.25, -0.2) is 0 Å². The van der Waals surface area contributed by atoms with Gasteiger partial charge in [0.25, 0.3) is 0 Å². The highest BCUT2D eigenvalue weighted by Crippen LogP contribution is 2.32. The van der Waals surface area contributed by atoms with Crippen LogP contribution in [0.1, 0.15) is 22.3 Å². The van der Waals surface area contributed by atoms with Crippen molar-refractivity contribution in [1.29, 1.82) is 0 Å². The van der Waals surface area contributed by atoms with Crippen molar-refractivity contribution in [3.63, 3.8) is 0 Å². The average molecular weight is 479 g/mol. The predicted molar refractivity (Wildman–Crippen MR) is 124 cm³/mol. The zero-order chi connectivity index (χ0) is 21.8. The molecule has 0 aliphatic heterocycles. The van der Waals surface area contributed by atoms with E-state index in [1.807, 2.05) is 66.7 Å². The molecular weight excluding hydrogens is 461 g/mol. The summed E-state index contributed by atoms with van der Waals surface area (Å²) in [4.78, 5) is 0. The van der Waals surface area contributed by atoms with Crippen LogP contribution in [0, 0.1) is 0 Å². The molecule has 0 atom stereocenters. The number of benzene rings is 4. The van der Waals surface area contributed by atoms with E-state index in [-0.39, 0.29) is 0 Å². The molecule has 4 rings (SSSR count). The van der Waals surface area contributed by atoms with Crippen LogP contribution in [0.3, 0.4) is 0 Å². The molecule has 31 heavy (non-hydrogen) atoms. The van der Waals surface area contributed by atoms with E-state index < -0.39 is 11.7 Å². The fourth-order valence-corrected chi connectivity index (χ4v) is 3.63. The topological polar surface area (TPSA) is 0 Å². The minimum Gasteiger partial charge on any atom is -0.166 e. The maximum Gasteiger partial charge on any atom is 0.416 e. The van der Waals surface area contributed by atoms with Gasteiger partial charge in [0, 0.05) is 4.47 Å². The molecule has 0 aliphatic rings. The summed E-state index contributed by atoms with van der Waals surface area (Å²) in [6.45, 7) is 0. The van der Waals surface area contributed by atoms with Gasteiger partial charge in [-0.15, -0.1) is 0 Å². The molecule has 0 bridgehead atoms. The Morgan fingerprint density at radius 3 is 1.68 bits per heavy atom. The molecule has 0 fully saturated rings. The van der Waals surface area contributed by atoms with Gasteiger partial charge in [0.2, 0.25) is 0 Å². The normalized spacial score (nSPS) is 12.1. The monoisotopic (exact) mass is 478 g/mol. The molecule has 0 N–H and O–H groups in total. The summed E-state index contributed by atoms with van der Waals surface area (Å²) in [5.74, 6) is 0. The minimum absolute atomic E-state index is 0.642. The highest BCUT2D eigenvalue weighted by Gasteiger charge is 2.29. The molecule has 0 amide bonds. The van der Waals surface area contributed by atoms with Crippen molar-refractivity contribution in [1.82, 2.24) is 0 Å². The second kappa shape index (κ2) is 8.94. The summed E-state index contributed by atoms with van der Waals surface area (Å²) in [5, 5.41) is 0. The summed E-state index contributed by atoms with van der Waals surface area (Å²) in [7, 11) is 0. The smallest absolute Gasteiger partial charge is 0.166 e. The number of alkyl halides is 3.